The van der Waals surface area contributed by atoms with E-state index in [2.05, 4.69) is 136 Å². The van der Waals surface area contributed by atoms with Crippen molar-refractivity contribution in [2.75, 3.05) is 25.9 Å². The molecule has 1 amide bonds. The number of hydrogen-bond acceptors (Lipinski definition) is 8. The van der Waals surface area contributed by atoms with Crippen LogP contribution in [0.3, 0.4) is 0 Å². The van der Waals surface area contributed by atoms with Gasteiger partial charge in [-0.3, -0.25) is 9.46 Å². The van der Waals surface area contributed by atoms with Crippen LogP contribution in [0.4, 0.5) is 5.69 Å². The van der Waals surface area contributed by atoms with Gasteiger partial charge < -0.3 is 31.6 Å². The van der Waals surface area contributed by atoms with E-state index in [1.54, 1.807) is 14.2 Å². The van der Waals surface area contributed by atoms with Gasteiger partial charge in [-0.1, -0.05) is 140 Å². The zero-order valence-electron chi connectivity index (χ0n) is 42.4. The number of fused-ring (bicyclic) bond motifs is 4. The van der Waals surface area contributed by atoms with E-state index in [1.165, 1.54) is 0 Å². The minimum atomic E-state index is -2.10. The molecule has 0 saturated heterocycles. The summed E-state index contributed by atoms with van der Waals surface area (Å²) in [5.74, 6) is 2.83. The number of para-hydroxylation sites is 1. The Hall–Kier alpha value is -5.88. The molecule has 2 heterocycles. The van der Waals surface area contributed by atoms with Crippen molar-refractivity contribution in [3.05, 3.63) is 159 Å². The second-order valence-electron chi connectivity index (χ2n) is 21.1. The number of carbonyl (C=O) groups is 1. The van der Waals surface area contributed by atoms with Crippen molar-refractivity contribution < 1.29 is 31.7 Å². The van der Waals surface area contributed by atoms with Crippen LogP contribution in [0.25, 0.3) is 21.9 Å². The van der Waals surface area contributed by atoms with E-state index in [4.69, 9.17) is 26.9 Å². The van der Waals surface area contributed by atoms with Gasteiger partial charge in [-0.05, 0) is 90.1 Å². The van der Waals surface area contributed by atoms with Crippen molar-refractivity contribution in [1.29, 1.82) is 0 Å². The van der Waals surface area contributed by atoms with Crippen molar-refractivity contribution in [3.8, 4) is 23.0 Å². The van der Waals surface area contributed by atoms with Gasteiger partial charge in [0.2, 0.25) is 0 Å². The minimum Gasteiger partial charge on any atom is -0.497 e. The van der Waals surface area contributed by atoms with Gasteiger partial charge in [0.25, 0.3) is 5.91 Å². The Bertz CT molecular complexity index is 3000. The summed E-state index contributed by atoms with van der Waals surface area (Å²) in [6.07, 6.45) is 0.472. The van der Waals surface area contributed by atoms with Crippen LogP contribution in [0, 0.1) is 20.8 Å². The Labute approximate surface area is 404 Å². The third-order valence-electron chi connectivity index (χ3n) is 12.5. The quantitative estimate of drug-likeness (QED) is 0.125. The van der Waals surface area contributed by atoms with Crippen molar-refractivity contribution >= 4 is 50.2 Å². The SMILES string of the molecule is COc1cc(C(C)(C)C)c2op(Oc3c(C)cc(C)cc3Cc3cc(C)cc(C(C)(C)C)c3OP3N(Cc4ccccc4)C(=O)c4ccccc4N3C)oc3c(C(C)(C)C)cc(OC)cc3c2c1. The molecule has 0 spiro atoms. The van der Waals surface area contributed by atoms with Crippen LogP contribution < -0.4 is 23.2 Å². The molecule has 0 bridgehead atoms. The molecule has 1 aromatic heterocycles. The summed E-state index contributed by atoms with van der Waals surface area (Å²) < 4.78 is 44.8. The summed E-state index contributed by atoms with van der Waals surface area (Å²) in [5.41, 5.74) is 11.0. The van der Waals surface area contributed by atoms with Crippen molar-refractivity contribution in [3.63, 3.8) is 0 Å². The zero-order chi connectivity index (χ0) is 49.0. The molecule has 0 fully saturated rings. The van der Waals surface area contributed by atoms with Gasteiger partial charge in [0.05, 0.1) is 32.0 Å². The lowest BCUT2D eigenvalue weighted by molar-refractivity contribution is 0.0847. The fourth-order valence-electron chi connectivity index (χ4n) is 9.07. The fourth-order valence-corrected chi connectivity index (χ4v) is 12.1. The number of methoxy groups -OCH3 is 2. The highest BCUT2D eigenvalue weighted by Crippen LogP contribution is 2.56. The Balaban J connectivity index is 1.32. The summed E-state index contributed by atoms with van der Waals surface area (Å²) in [5, 5.41) is 1.69. The maximum atomic E-state index is 14.6. The van der Waals surface area contributed by atoms with Crippen molar-refractivity contribution in [1.82, 2.24) is 4.67 Å². The molecule has 6 aromatic carbocycles. The standard InChI is InChI=1S/C57H66N2O7P2/c1-35-25-37(3)50(64-68-65-52-44(30-41(61-14)32-47(52)56(7,8)9)45-31-42(62-15)33-48(53(45)66-68)57(10,11)12)39(26-35)29-40-27-36(2)28-46(55(4,5)6)51(40)63-67-58(13)49-24-20-19-23-43(49)54(60)59(67)34-38-21-17-16-18-22-38/h16-28,30-33H,29,34H2,1-15H3. The van der Waals surface area contributed by atoms with Crippen LogP contribution in [0.5, 0.6) is 23.0 Å². The van der Waals surface area contributed by atoms with Gasteiger partial charge in [-0.15, -0.1) is 0 Å². The van der Waals surface area contributed by atoms with Gasteiger partial charge in [-0.2, -0.15) is 0 Å². The molecule has 1 unspecified atom stereocenters. The topological polar surface area (TPSA) is 86.8 Å². The Morgan fingerprint density at radius 3 is 1.65 bits per heavy atom. The van der Waals surface area contributed by atoms with Gasteiger partial charge in [0.1, 0.15) is 34.2 Å². The molecule has 9 nitrogen and oxygen atoms in total. The summed E-state index contributed by atoms with van der Waals surface area (Å²) in [4.78, 5) is 14.6. The fraction of sp³-hybridized carbons (Fsp3) is 0.351. The summed E-state index contributed by atoms with van der Waals surface area (Å²) in [6.45, 7) is 26.4. The Morgan fingerprint density at radius 1 is 0.588 bits per heavy atom. The number of ether oxygens (including phenoxy) is 2. The number of aryl methyl sites for hydroxylation is 3. The second-order valence-corrected chi connectivity index (χ2v) is 23.9. The molecule has 7 aromatic rings. The van der Waals surface area contributed by atoms with Crippen LogP contribution in [-0.4, -0.2) is 31.8 Å². The number of anilines is 1. The number of carbonyl (C=O) groups excluding carboxylic acids is 1. The predicted molar refractivity (Wildman–Crippen MR) is 280 cm³/mol. The average molecular weight is 953 g/mol. The maximum absolute atomic E-state index is 14.6. The largest absolute Gasteiger partial charge is 0.497 e. The van der Waals surface area contributed by atoms with Gasteiger partial charge >= 0.3 is 16.7 Å². The van der Waals surface area contributed by atoms with Crippen molar-refractivity contribution in [2.24, 2.45) is 0 Å². The Morgan fingerprint density at radius 2 is 1.10 bits per heavy atom. The predicted octanol–water partition coefficient (Wildman–Crippen LogP) is 16.0. The first kappa shape index (κ1) is 48.6. The molecule has 8 rings (SSSR count). The average Bonchev–Trinajstić information content (AvgIpc) is 3.43. The van der Waals surface area contributed by atoms with E-state index in [0.29, 0.717) is 35.4 Å². The van der Waals surface area contributed by atoms with E-state index in [0.717, 1.165) is 83.8 Å². The molecule has 0 radical (unpaired) electrons. The number of rotatable bonds is 10. The van der Waals surface area contributed by atoms with Gasteiger partial charge in [-0.25, -0.2) is 0 Å². The molecule has 356 valence electrons. The molecular weight excluding hydrogens is 887 g/mol. The van der Waals surface area contributed by atoms with E-state index < -0.39 is 16.7 Å². The van der Waals surface area contributed by atoms with Gasteiger partial charge in [0, 0.05) is 46.5 Å². The van der Waals surface area contributed by atoms with Crippen LogP contribution in [0.1, 0.15) is 123 Å². The monoisotopic (exact) mass is 952 g/mol. The second kappa shape index (κ2) is 18.6. The van der Waals surface area contributed by atoms with Gasteiger partial charge in [0.15, 0.2) is 0 Å². The molecule has 0 aliphatic carbocycles. The lowest BCUT2D eigenvalue weighted by atomic mass is 9.83. The third kappa shape index (κ3) is 9.71. The van der Waals surface area contributed by atoms with Crippen LogP contribution in [0.15, 0.2) is 112 Å². The first-order chi connectivity index (χ1) is 32.0. The zero-order valence-corrected chi connectivity index (χ0v) is 44.2. The maximum Gasteiger partial charge on any atom is 0.453 e. The molecule has 1 aliphatic heterocycles. The van der Waals surface area contributed by atoms with E-state index in [9.17, 15) is 4.79 Å². The molecule has 0 N–H and O–H groups in total. The van der Waals surface area contributed by atoms with E-state index in [-0.39, 0.29) is 22.2 Å². The number of amides is 1. The number of benzene rings is 6. The van der Waals surface area contributed by atoms with E-state index >= 15 is 0 Å². The van der Waals surface area contributed by atoms with Crippen LogP contribution in [0.2, 0.25) is 0 Å². The molecule has 11 heteroatoms. The highest BCUT2D eigenvalue weighted by atomic mass is 31.2. The highest BCUT2D eigenvalue weighted by Gasteiger charge is 2.40. The number of nitrogens with zero attached hydrogens (tertiary/aromatic N) is 2. The van der Waals surface area contributed by atoms with Crippen LogP contribution in [-0.2, 0) is 29.2 Å². The number of hydrogen-bond donors (Lipinski definition) is 0. The van der Waals surface area contributed by atoms with Crippen molar-refractivity contribution in [2.45, 2.75) is 112 Å². The van der Waals surface area contributed by atoms with E-state index in [1.807, 2.05) is 66.3 Å². The summed E-state index contributed by atoms with van der Waals surface area (Å²) in [7, 11) is 1.64. The summed E-state index contributed by atoms with van der Waals surface area (Å²) in [6, 6.07) is 34.8. The molecule has 1 aliphatic rings. The third-order valence-corrected chi connectivity index (χ3v) is 15.3. The molecule has 68 heavy (non-hydrogen) atoms. The lowest BCUT2D eigenvalue weighted by Gasteiger charge is -2.42. The molecule has 0 saturated carbocycles. The smallest absolute Gasteiger partial charge is 0.453 e. The first-order valence-electron chi connectivity index (χ1n) is 23.3. The first-order valence-corrected chi connectivity index (χ1v) is 25.5. The molecule has 1 atom stereocenters. The Kier molecular flexibility index (Phi) is 13.3. The summed E-state index contributed by atoms with van der Waals surface area (Å²) >= 11 is 0. The highest BCUT2D eigenvalue weighted by molar-refractivity contribution is 7.53. The normalized spacial score (nSPS) is 14.3. The lowest BCUT2D eigenvalue weighted by Crippen LogP contribution is -2.39. The minimum absolute atomic E-state index is 0.0559. The van der Waals surface area contributed by atoms with Crippen LogP contribution >= 0.6 is 16.7 Å². The molecular formula is C57H66N2O7P2.